The predicted molar refractivity (Wildman–Crippen MR) is 66.8 cm³/mol. The Hall–Kier alpha value is -0.870. The van der Waals surface area contributed by atoms with Crippen LogP contribution in [0, 0.1) is 0 Å². The molecule has 2 aliphatic rings. The highest BCUT2D eigenvalue weighted by Gasteiger charge is 2.24. The number of amides is 1. The van der Waals surface area contributed by atoms with Gasteiger partial charge in [0.05, 0.1) is 6.10 Å². The molecular formula is C13H22N2O2. The third-order valence-corrected chi connectivity index (χ3v) is 3.62. The van der Waals surface area contributed by atoms with Gasteiger partial charge in [-0.05, 0) is 25.3 Å². The molecule has 0 aliphatic carbocycles. The molecule has 2 saturated heterocycles. The lowest BCUT2D eigenvalue weighted by Crippen LogP contribution is -2.41. The van der Waals surface area contributed by atoms with E-state index < -0.39 is 0 Å². The first-order chi connectivity index (χ1) is 8.22. The van der Waals surface area contributed by atoms with Crippen molar-refractivity contribution in [1.82, 2.24) is 10.2 Å². The fourth-order valence-corrected chi connectivity index (χ4v) is 2.23. The van der Waals surface area contributed by atoms with Gasteiger partial charge in [-0.1, -0.05) is 6.92 Å². The monoisotopic (exact) mass is 238 g/mol. The number of hydrogen-bond acceptors (Lipinski definition) is 3. The molecule has 2 heterocycles. The van der Waals surface area contributed by atoms with E-state index in [-0.39, 0.29) is 12.0 Å². The Balaban J connectivity index is 2.02. The van der Waals surface area contributed by atoms with Crippen molar-refractivity contribution in [3.8, 4) is 0 Å². The number of carbonyl (C=O) groups excluding carboxylic acids is 1. The van der Waals surface area contributed by atoms with Gasteiger partial charge in [0.25, 0.3) is 0 Å². The summed E-state index contributed by atoms with van der Waals surface area (Å²) in [6, 6.07) is 0. The molecule has 4 nitrogen and oxygen atoms in total. The van der Waals surface area contributed by atoms with Crippen molar-refractivity contribution < 1.29 is 9.53 Å². The average Bonchev–Trinajstić information content (AvgIpc) is 2.50. The maximum absolute atomic E-state index is 12.3. The molecule has 1 unspecified atom stereocenters. The number of nitrogens with zero attached hydrogens (tertiary/aromatic N) is 1. The van der Waals surface area contributed by atoms with Crippen molar-refractivity contribution in [3.63, 3.8) is 0 Å². The molecule has 0 spiro atoms. The fourth-order valence-electron chi connectivity index (χ4n) is 2.23. The van der Waals surface area contributed by atoms with E-state index in [0.29, 0.717) is 0 Å². The van der Waals surface area contributed by atoms with E-state index in [2.05, 4.69) is 12.2 Å². The quantitative estimate of drug-likeness (QED) is 0.728. The molecule has 1 atom stereocenters. The molecule has 0 saturated carbocycles. The number of nitrogens with one attached hydrogen (secondary N) is 1. The Bertz CT molecular complexity index is 319. The van der Waals surface area contributed by atoms with E-state index in [0.717, 1.165) is 51.2 Å². The van der Waals surface area contributed by atoms with Gasteiger partial charge in [0.2, 0.25) is 5.91 Å². The minimum atomic E-state index is 0.199. The second-order valence-corrected chi connectivity index (χ2v) is 4.84. The maximum Gasteiger partial charge on any atom is 0.249 e. The zero-order valence-corrected chi connectivity index (χ0v) is 10.8. The van der Waals surface area contributed by atoms with Crippen LogP contribution in [0.4, 0.5) is 0 Å². The first-order valence-corrected chi connectivity index (χ1v) is 6.52. The van der Waals surface area contributed by atoms with Gasteiger partial charge in [-0.15, -0.1) is 0 Å². The van der Waals surface area contributed by atoms with E-state index in [1.807, 2.05) is 11.8 Å². The Kier molecular flexibility index (Phi) is 4.18. The first-order valence-electron chi connectivity index (χ1n) is 6.52. The average molecular weight is 238 g/mol. The highest BCUT2D eigenvalue weighted by molar-refractivity contribution is 5.94. The van der Waals surface area contributed by atoms with Crippen LogP contribution in [-0.4, -0.2) is 49.7 Å². The van der Waals surface area contributed by atoms with Gasteiger partial charge in [0, 0.05) is 38.4 Å². The van der Waals surface area contributed by atoms with Crippen LogP contribution >= 0.6 is 0 Å². The molecule has 2 fully saturated rings. The Morgan fingerprint density at radius 2 is 2.29 bits per heavy atom. The van der Waals surface area contributed by atoms with Crippen LogP contribution in [0.25, 0.3) is 0 Å². The smallest absolute Gasteiger partial charge is 0.249 e. The molecule has 17 heavy (non-hydrogen) atoms. The standard InChI is InChI=1S/C13H22N2O2/c1-3-12-9-15(5-4-6-17-12)13(16)10(2)11-7-14-8-11/h12,14H,3-9H2,1-2H3. The summed E-state index contributed by atoms with van der Waals surface area (Å²) in [5, 5.41) is 3.18. The lowest BCUT2D eigenvalue weighted by atomic mass is 10.0. The lowest BCUT2D eigenvalue weighted by Gasteiger charge is -2.27. The zero-order chi connectivity index (χ0) is 12.3. The topological polar surface area (TPSA) is 41.6 Å². The zero-order valence-electron chi connectivity index (χ0n) is 10.8. The van der Waals surface area contributed by atoms with Crippen molar-refractivity contribution in [1.29, 1.82) is 0 Å². The maximum atomic E-state index is 12.3. The third kappa shape index (κ3) is 2.87. The minimum Gasteiger partial charge on any atom is -0.376 e. The summed E-state index contributed by atoms with van der Waals surface area (Å²) < 4.78 is 5.69. The van der Waals surface area contributed by atoms with Gasteiger partial charge >= 0.3 is 0 Å². The van der Waals surface area contributed by atoms with Gasteiger partial charge < -0.3 is 15.0 Å². The van der Waals surface area contributed by atoms with Crippen LogP contribution in [0.3, 0.4) is 0 Å². The van der Waals surface area contributed by atoms with Crippen LogP contribution in [0.2, 0.25) is 0 Å². The summed E-state index contributed by atoms with van der Waals surface area (Å²) in [6.45, 7) is 8.16. The molecular weight excluding hydrogens is 216 g/mol. The van der Waals surface area contributed by atoms with Crippen molar-refractivity contribution in [2.24, 2.45) is 0 Å². The number of ether oxygens (including phenoxy) is 1. The van der Waals surface area contributed by atoms with Gasteiger partial charge in [0.15, 0.2) is 0 Å². The summed E-state index contributed by atoms with van der Waals surface area (Å²) in [5.41, 5.74) is 2.19. The van der Waals surface area contributed by atoms with Crippen LogP contribution < -0.4 is 5.32 Å². The van der Waals surface area contributed by atoms with Gasteiger partial charge in [0.1, 0.15) is 0 Å². The normalized spacial score (nSPS) is 25.2. The van der Waals surface area contributed by atoms with Crippen LogP contribution in [-0.2, 0) is 9.53 Å². The van der Waals surface area contributed by atoms with E-state index in [1.165, 1.54) is 5.57 Å². The minimum absolute atomic E-state index is 0.199. The van der Waals surface area contributed by atoms with Crippen LogP contribution in [0.15, 0.2) is 11.1 Å². The molecule has 1 N–H and O–H groups in total. The molecule has 0 aromatic heterocycles. The van der Waals surface area contributed by atoms with Gasteiger partial charge in [-0.25, -0.2) is 0 Å². The molecule has 1 amide bonds. The summed E-state index contributed by atoms with van der Waals surface area (Å²) in [4.78, 5) is 14.3. The van der Waals surface area contributed by atoms with Gasteiger partial charge in [-0.3, -0.25) is 4.79 Å². The van der Waals surface area contributed by atoms with E-state index in [9.17, 15) is 4.79 Å². The highest BCUT2D eigenvalue weighted by Crippen LogP contribution is 2.15. The van der Waals surface area contributed by atoms with Crippen molar-refractivity contribution in [2.75, 3.05) is 32.8 Å². The van der Waals surface area contributed by atoms with Crippen molar-refractivity contribution in [2.45, 2.75) is 32.8 Å². The summed E-state index contributed by atoms with van der Waals surface area (Å²) in [6.07, 6.45) is 2.13. The number of hydrogen-bond donors (Lipinski definition) is 1. The third-order valence-electron chi connectivity index (χ3n) is 3.62. The van der Waals surface area contributed by atoms with Crippen LogP contribution in [0.5, 0.6) is 0 Å². The largest absolute Gasteiger partial charge is 0.376 e. The van der Waals surface area contributed by atoms with Crippen molar-refractivity contribution >= 4 is 5.91 Å². The fraction of sp³-hybridized carbons (Fsp3) is 0.769. The molecule has 0 aromatic rings. The second kappa shape index (κ2) is 5.65. The second-order valence-electron chi connectivity index (χ2n) is 4.84. The molecule has 4 heteroatoms. The van der Waals surface area contributed by atoms with Crippen LogP contribution in [0.1, 0.15) is 26.7 Å². The first kappa shape index (κ1) is 12.6. The van der Waals surface area contributed by atoms with Gasteiger partial charge in [-0.2, -0.15) is 0 Å². The Morgan fingerprint density at radius 1 is 1.53 bits per heavy atom. The molecule has 2 aliphatic heterocycles. The molecule has 0 bridgehead atoms. The molecule has 0 aromatic carbocycles. The SMILES string of the molecule is CCC1CN(C(=O)C(C)=C2CNC2)CCCO1. The van der Waals surface area contributed by atoms with Crippen molar-refractivity contribution in [3.05, 3.63) is 11.1 Å². The lowest BCUT2D eigenvalue weighted by molar-refractivity contribution is -0.128. The number of rotatable bonds is 2. The van der Waals surface area contributed by atoms with E-state index in [1.54, 1.807) is 0 Å². The Labute approximate surface area is 103 Å². The molecule has 2 rings (SSSR count). The summed E-state index contributed by atoms with van der Waals surface area (Å²) in [5.74, 6) is 0.199. The highest BCUT2D eigenvalue weighted by atomic mass is 16.5. The molecule has 96 valence electrons. The summed E-state index contributed by atoms with van der Waals surface area (Å²) >= 11 is 0. The van der Waals surface area contributed by atoms with E-state index >= 15 is 0 Å². The summed E-state index contributed by atoms with van der Waals surface area (Å²) in [7, 11) is 0. The Morgan fingerprint density at radius 3 is 2.88 bits per heavy atom. The molecule has 0 radical (unpaired) electrons. The number of carbonyl (C=O) groups is 1. The predicted octanol–water partition coefficient (Wildman–Crippen LogP) is 0.934. The van der Waals surface area contributed by atoms with E-state index in [4.69, 9.17) is 4.74 Å².